The van der Waals surface area contributed by atoms with Gasteiger partial charge in [0.2, 0.25) is 11.7 Å². The van der Waals surface area contributed by atoms with Crippen LogP contribution in [0.4, 0.5) is 5.69 Å². The normalized spacial score (nSPS) is 11.4. The van der Waals surface area contributed by atoms with Crippen molar-refractivity contribution in [3.8, 4) is 11.5 Å². The Kier molecular flexibility index (Phi) is 10.6. The quantitative estimate of drug-likeness (QED) is 0.253. The van der Waals surface area contributed by atoms with E-state index in [0.717, 1.165) is 18.4 Å². The predicted molar refractivity (Wildman–Crippen MR) is 129 cm³/mol. The van der Waals surface area contributed by atoms with Crippen molar-refractivity contribution in [3.05, 3.63) is 63.2 Å². The van der Waals surface area contributed by atoms with Gasteiger partial charge < -0.3 is 19.7 Å². The number of amides is 2. The molecule has 184 valence electrons. The molecular formula is C24H30ClN3O6. The van der Waals surface area contributed by atoms with E-state index in [1.807, 2.05) is 13.8 Å². The van der Waals surface area contributed by atoms with Crippen LogP contribution in [0.2, 0.25) is 5.02 Å². The van der Waals surface area contributed by atoms with Crippen molar-refractivity contribution in [2.24, 2.45) is 0 Å². The molecule has 2 aromatic rings. The summed E-state index contributed by atoms with van der Waals surface area (Å²) in [5, 5.41) is 14.6. The van der Waals surface area contributed by atoms with Crippen molar-refractivity contribution >= 4 is 29.1 Å². The number of carbonyl (C=O) groups excluding carboxylic acids is 2. The van der Waals surface area contributed by atoms with Gasteiger partial charge >= 0.3 is 5.69 Å². The molecule has 0 aliphatic heterocycles. The van der Waals surface area contributed by atoms with Crippen molar-refractivity contribution in [1.29, 1.82) is 0 Å². The lowest BCUT2D eigenvalue weighted by atomic mass is 10.1. The van der Waals surface area contributed by atoms with Crippen LogP contribution < -0.4 is 14.8 Å². The molecule has 2 amide bonds. The Bertz CT molecular complexity index is 983. The van der Waals surface area contributed by atoms with Gasteiger partial charge in [0.25, 0.3) is 5.91 Å². The van der Waals surface area contributed by atoms with Crippen molar-refractivity contribution in [2.75, 3.05) is 20.3 Å². The number of carbonyl (C=O) groups is 2. The van der Waals surface area contributed by atoms with Crippen molar-refractivity contribution in [3.63, 3.8) is 0 Å². The number of halogens is 1. The summed E-state index contributed by atoms with van der Waals surface area (Å²) in [6.45, 7) is 4.25. The van der Waals surface area contributed by atoms with Crippen LogP contribution in [-0.4, -0.2) is 47.9 Å². The lowest BCUT2D eigenvalue weighted by molar-refractivity contribution is -0.385. The molecule has 0 fully saturated rings. The van der Waals surface area contributed by atoms with E-state index >= 15 is 0 Å². The second-order valence-electron chi connectivity index (χ2n) is 7.60. The molecule has 2 aromatic carbocycles. The predicted octanol–water partition coefficient (Wildman–Crippen LogP) is 4.36. The van der Waals surface area contributed by atoms with E-state index in [0.29, 0.717) is 18.0 Å². The van der Waals surface area contributed by atoms with E-state index < -0.39 is 16.9 Å². The van der Waals surface area contributed by atoms with Gasteiger partial charge in [0.05, 0.1) is 12.0 Å². The molecule has 10 heteroatoms. The maximum atomic E-state index is 13.2. The van der Waals surface area contributed by atoms with Gasteiger partial charge in [-0.05, 0) is 36.6 Å². The van der Waals surface area contributed by atoms with Gasteiger partial charge in [-0.1, -0.05) is 44.0 Å². The molecule has 0 radical (unpaired) electrons. The van der Waals surface area contributed by atoms with Crippen LogP contribution in [0.5, 0.6) is 11.5 Å². The summed E-state index contributed by atoms with van der Waals surface area (Å²) in [7, 11) is 1.31. The number of ether oxygens (including phenoxy) is 2. The fourth-order valence-electron chi connectivity index (χ4n) is 3.34. The van der Waals surface area contributed by atoms with Gasteiger partial charge in [-0.2, -0.15) is 0 Å². The first kappa shape index (κ1) is 26.9. The number of methoxy groups -OCH3 is 1. The number of nitro benzene ring substituents is 1. The summed E-state index contributed by atoms with van der Waals surface area (Å²) in [5.41, 5.74) is 0.606. The largest absolute Gasteiger partial charge is 0.490 e. The highest BCUT2D eigenvalue weighted by Crippen LogP contribution is 2.30. The lowest BCUT2D eigenvalue weighted by Crippen LogP contribution is -2.50. The zero-order valence-electron chi connectivity index (χ0n) is 19.6. The average molecular weight is 492 g/mol. The Labute approximate surface area is 204 Å². The number of benzene rings is 2. The highest BCUT2D eigenvalue weighted by molar-refractivity contribution is 6.30. The van der Waals surface area contributed by atoms with Gasteiger partial charge in [0.15, 0.2) is 6.61 Å². The number of unbranched alkanes of at least 4 members (excludes halogenated alkanes) is 1. The minimum Gasteiger partial charge on any atom is -0.490 e. The molecule has 34 heavy (non-hydrogen) atoms. The SMILES string of the molecule is CCCCNC(=O)[C@@H](CC)N(Cc1ccc(Cl)cc1)C(=O)COc1ccc([N+](=O)[O-])c(OC)c1. The number of nitrogens with one attached hydrogen (secondary N) is 1. The first-order valence-electron chi connectivity index (χ1n) is 11.1. The molecule has 0 spiro atoms. The van der Waals surface area contributed by atoms with Crippen LogP contribution >= 0.6 is 11.6 Å². The van der Waals surface area contributed by atoms with Crippen LogP contribution in [0.15, 0.2) is 42.5 Å². The van der Waals surface area contributed by atoms with Gasteiger partial charge in [-0.15, -0.1) is 0 Å². The molecule has 0 aliphatic rings. The lowest BCUT2D eigenvalue weighted by Gasteiger charge is -2.30. The Morgan fingerprint density at radius 1 is 1.18 bits per heavy atom. The number of nitrogens with zero attached hydrogens (tertiary/aromatic N) is 2. The third-order valence-electron chi connectivity index (χ3n) is 5.19. The maximum absolute atomic E-state index is 13.2. The maximum Gasteiger partial charge on any atom is 0.311 e. The zero-order valence-corrected chi connectivity index (χ0v) is 20.3. The molecule has 0 heterocycles. The Balaban J connectivity index is 2.21. The monoisotopic (exact) mass is 491 g/mol. The highest BCUT2D eigenvalue weighted by Gasteiger charge is 2.29. The van der Waals surface area contributed by atoms with Crippen molar-refractivity contribution in [1.82, 2.24) is 10.2 Å². The molecule has 1 atom stereocenters. The molecule has 0 aliphatic carbocycles. The molecule has 0 aromatic heterocycles. The summed E-state index contributed by atoms with van der Waals surface area (Å²) in [4.78, 5) is 38.1. The van der Waals surface area contributed by atoms with Gasteiger partial charge in [-0.25, -0.2) is 0 Å². The van der Waals surface area contributed by atoms with E-state index in [1.165, 1.54) is 30.2 Å². The highest BCUT2D eigenvalue weighted by atomic mass is 35.5. The number of hydrogen-bond acceptors (Lipinski definition) is 6. The Morgan fingerprint density at radius 3 is 2.47 bits per heavy atom. The standard InChI is InChI=1S/C24H30ClN3O6/c1-4-6-13-26-24(30)20(5-2)27(15-17-7-9-18(25)10-8-17)23(29)16-34-19-11-12-21(28(31)32)22(14-19)33-3/h7-12,14,20H,4-6,13,15-16H2,1-3H3,(H,26,30)/t20-/m1/s1. The van der Waals surface area contributed by atoms with Gasteiger partial charge in [0.1, 0.15) is 11.8 Å². The van der Waals surface area contributed by atoms with E-state index in [2.05, 4.69) is 5.32 Å². The van der Waals surface area contributed by atoms with Crippen LogP contribution in [0.1, 0.15) is 38.7 Å². The van der Waals surface area contributed by atoms with E-state index in [-0.39, 0.29) is 36.2 Å². The topological polar surface area (TPSA) is 111 Å². The van der Waals surface area contributed by atoms with Crippen LogP contribution in [0, 0.1) is 10.1 Å². The van der Waals surface area contributed by atoms with Crippen LogP contribution in [0.3, 0.4) is 0 Å². The molecule has 9 nitrogen and oxygen atoms in total. The summed E-state index contributed by atoms with van der Waals surface area (Å²) in [6, 6.07) is 10.4. The Hall–Kier alpha value is -3.33. The third kappa shape index (κ3) is 7.62. The molecule has 2 rings (SSSR count). The zero-order chi connectivity index (χ0) is 25.1. The minimum absolute atomic E-state index is 0.0229. The fourth-order valence-corrected chi connectivity index (χ4v) is 3.46. The van der Waals surface area contributed by atoms with Crippen LogP contribution in [0.25, 0.3) is 0 Å². The number of hydrogen-bond donors (Lipinski definition) is 1. The molecule has 0 bridgehead atoms. The molecular weight excluding hydrogens is 462 g/mol. The van der Waals surface area contributed by atoms with Gasteiger partial charge in [-0.3, -0.25) is 19.7 Å². The number of rotatable bonds is 13. The second-order valence-corrected chi connectivity index (χ2v) is 8.03. The second kappa shape index (κ2) is 13.4. The molecule has 0 saturated heterocycles. The third-order valence-corrected chi connectivity index (χ3v) is 5.44. The molecule has 0 saturated carbocycles. The first-order valence-corrected chi connectivity index (χ1v) is 11.4. The fraction of sp³-hybridized carbons (Fsp3) is 0.417. The first-order chi connectivity index (χ1) is 16.3. The average Bonchev–Trinajstić information content (AvgIpc) is 2.83. The summed E-state index contributed by atoms with van der Waals surface area (Å²) in [5.74, 6) is -0.363. The molecule has 0 unspecified atom stereocenters. The van der Waals surface area contributed by atoms with Gasteiger partial charge in [0, 0.05) is 30.2 Å². The number of nitro groups is 1. The summed E-state index contributed by atoms with van der Waals surface area (Å²) < 4.78 is 10.7. The Morgan fingerprint density at radius 2 is 1.88 bits per heavy atom. The smallest absolute Gasteiger partial charge is 0.311 e. The van der Waals surface area contributed by atoms with Crippen molar-refractivity contribution in [2.45, 2.75) is 45.7 Å². The van der Waals surface area contributed by atoms with E-state index in [9.17, 15) is 19.7 Å². The molecule has 1 N–H and O–H groups in total. The van der Waals surface area contributed by atoms with E-state index in [1.54, 1.807) is 24.3 Å². The van der Waals surface area contributed by atoms with Crippen molar-refractivity contribution < 1.29 is 24.0 Å². The minimum atomic E-state index is -0.685. The van der Waals surface area contributed by atoms with E-state index in [4.69, 9.17) is 21.1 Å². The van der Waals surface area contributed by atoms with Crippen LogP contribution in [-0.2, 0) is 16.1 Å². The summed E-state index contributed by atoms with van der Waals surface area (Å²) >= 11 is 5.98. The summed E-state index contributed by atoms with van der Waals surface area (Å²) in [6.07, 6.45) is 2.21.